The van der Waals surface area contributed by atoms with Gasteiger partial charge < -0.3 is 26.2 Å². The zero-order valence-electron chi connectivity index (χ0n) is 10.6. The van der Waals surface area contributed by atoms with Crippen LogP contribution in [0.4, 0.5) is 4.79 Å². The van der Waals surface area contributed by atoms with E-state index >= 15 is 0 Å². The summed E-state index contributed by atoms with van der Waals surface area (Å²) in [5.41, 5.74) is 3.77. The molecule has 18 heavy (non-hydrogen) atoms. The lowest BCUT2D eigenvalue weighted by Crippen LogP contribution is -2.50. The Bertz CT molecular complexity index is 337. The van der Waals surface area contributed by atoms with Crippen molar-refractivity contribution in [3.8, 4) is 0 Å². The van der Waals surface area contributed by atoms with Crippen LogP contribution in [0, 0.1) is 0 Å². The summed E-state index contributed by atoms with van der Waals surface area (Å²) >= 11 is 0. The van der Waals surface area contributed by atoms with E-state index in [0.717, 1.165) is 4.90 Å². The second-order valence-corrected chi connectivity index (χ2v) is 4.68. The van der Waals surface area contributed by atoms with Gasteiger partial charge in [-0.2, -0.15) is 0 Å². The van der Waals surface area contributed by atoms with Crippen LogP contribution in [0.2, 0.25) is 0 Å². The number of nitrogens with two attached hydrogens (primary N) is 1. The Morgan fingerprint density at radius 2 is 1.89 bits per heavy atom. The minimum absolute atomic E-state index is 0.0156. The van der Waals surface area contributed by atoms with E-state index in [4.69, 9.17) is 10.8 Å². The number of aliphatic hydroxyl groups is 1. The third kappa shape index (κ3) is 6.69. The Morgan fingerprint density at radius 3 is 2.22 bits per heavy atom. The number of carbonyl (C=O) groups excluding carboxylic acids is 2. The van der Waals surface area contributed by atoms with Crippen LogP contribution in [0.15, 0.2) is 0 Å². The van der Waals surface area contributed by atoms with Crippen molar-refractivity contribution < 1.29 is 24.6 Å². The number of hydrogen-bond acceptors (Lipinski definition) is 4. The van der Waals surface area contributed by atoms with Crippen LogP contribution in [-0.2, 0) is 9.59 Å². The topological polar surface area (TPSA) is 133 Å². The summed E-state index contributed by atoms with van der Waals surface area (Å²) in [5, 5.41) is 20.5. The highest BCUT2D eigenvalue weighted by Gasteiger charge is 2.25. The zero-order chi connectivity index (χ0) is 14.5. The molecular formula is C10H19N3O5. The first-order valence-corrected chi connectivity index (χ1v) is 5.28. The Balaban J connectivity index is 4.50. The second kappa shape index (κ2) is 6.20. The minimum atomic E-state index is -1.38. The Hall–Kier alpha value is -1.83. The average Bonchev–Trinajstić information content (AvgIpc) is 2.12. The number of nitrogens with one attached hydrogen (secondary N) is 1. The minimum Gasteiger partial charge on any atom is -0.480 e. The summed E-state index contributed by atoms with van der Waals surface area (Å²) in [7, 11) is 1.40. The van der Waals surface area contributed by atoms with Crippen LogP contribution in [0.5, 0.6) is 0 Å². The molecule has 0 aromatic rings. The molecule has 0 aromatic heterocycles. The highest BCUT2D eigenvalue weighted by atomic mass is 16.4. The number of nitrogens with zero attached hydrogens (tertiary/aromatic N) is 1. The number of likely N-dealkylation sites (N-methyl/N-ethyl adjacent to an activating group) is 1. The fourth-order valence-corrected chi connectivity index (χ4v) is 1.31. The molecule has 0 aliphatic heterocycles. The fourth-order valence-electron chi connectivity index (χ4n) is 1.31. The van der Waals surface area contributed by atoms with Crippen molar-refractivity contribution in [3.05, 3.63) is 0 Å². The van der Waals surface area contributed by atoms with E-state index in [2.05, 4.69) is 5.32 Å². The van der Waals surface area contributed by atoms with Gasteiger partial charge >= 0.3 is 12.0 Å². The number of urea groups is 1. The molecule has 0 spiro atoms. The van der Waals surface area contributed by atoms with Crippen LogP contribution in [-0.4, -0.2) is 58.3 Å². The average molecular weight is 261 g/mol. The molecule has 0 rings (SSSR count). The van der Waals surface area contributed by atoms with Gasteiger partial charge in [-0.15, -0.1) is 0 Å². The molecule has 0 heterocycles. The van der Waals surface area contributed by atoms with E-state index in [1.165, 1.54) is 20.9 Å². The van der Waals surface area contributed by atoms with Gasteiger partial charge in [-0.05, 0) is 13.8 Å². The molecule has 0 fully saturated rings. The number of amides is 3. The molecule has 5 N–H and O–H groups in total. The first kappa shape index (κ1) is 16.2. The van der Waals surface area contributed by atoms with Gasteiger partial charge in [0.05, 0.1) is 18.6 Å². The quantitative estimate of drug-likeness (QED) is 0.473. The second-order valence-electron chi connectivity index (χ2n) is 4.68. The lowest BCUT2D eigenvalue weighted by molar-refractivity contribution is -0.140. The molecule has 8 heteroatoms. The number of rotatable bonds is 6. The molecule has 0 aliphatic rings. The summed E-state index contributed by atoms with van der Waals surface area (Å²) in [6.45, 7) is 3.03. The lowest BCUT2D eigenvalue weighted by atomic mass is 10.1. The van der Waals surface area contributed by atoms with Gasteiger partial charge in [-0.3, -0.25) is 4.79 Å². The smallest absolute Gasteiger partial charge is 0.326 e. The van der Waals surface area contributed by atoms with Crippen molar-refractivity contribution in [1.29, 1.82) is 0 Å². The fraction of sp³-hybridized carbons (Fsp3) is 0.700. The van der Waals surface area contributed by atoms with Gasteiger partial charge in [0.2, 0.25) is 5.91 Å². The van der Waals surface area contributed by atoms with Gasteiger partial charge in [0.15, 0.2) is 0 Å². The standard InChI is InChI=1S/C10H19N3O5/c1-10(2,18)5-13(3)9(17)12-6(8(15)16)4-7(11)14/h6,18H,4-5H2,1-3H3,(H2,11,14)(H,12,17)(H,15,16). The van der Waals surface area contributed by atoms with Gasteiger partial charge in [0, 0.05) is 7.05 Å². The summed E-state index contributed by atoms with van der Waals surface area (Å²) in [5.74, 6) is -2.17. The molecule has 0 aromatic carbocycles. The van der Waals surface area contributed by atoms with Gasteiger partial charge in [0.25, 0.3) is 0 Å². The maximum absolute atomic E-state index is 11.6. The maximum atomic E-state index is 11.6. The normalized spacial score (nSPS) is 12.7. The third-order valence-corrected chi connectivity index (χ3v) is 1.97. The van der Waals surface area contributed by atoms with E-state index in [1.54, 1.807) is 0 Å². The summed E-state index contributed by atoms with van der Waals surface area (Å²) < 4.78 is 0. The molecule has 1 unspecified atom stereocenters. The molecule has 0 saturated heterocycles. The SMILES string of the molecule is CN(CC(C)(C)O)C(=O)NC(CC(N)=O)C(=O)O. The predicted octanol–water partition coefficient (Wildman–Crippen LogP) is -1.27. The summed E-state index contributed by atoms with van der Waals surface area (Å²) in [4.78, 5) is 34.2. The molecular weight excluding hydrogens is 242 g/mol. The maximum Gasteiger partial charge on any atom is 0.326 e. The predicted molar refractivity (Wildman–Crippen MR) is 62.7 cm³/mol. The molecule has 1 atom stereocenters. The largest absolute Gasteiger partial charge is 0.480 e. The van der Waals surface area contributed by atoms with Crippen LogP contribution >= 0.6 is 0 Å². The molecule has 0 radical (unpaired) electrons. The van der Waals surface area contributed by atoms with Crippen molar-refractivity contribution in [1.82, 2.24) is 10.2 Å². The Kier molecular flexibility index (Phi) is 5.57. The first-order chi connectivity index (χ1) is 8.03. The molecule has 104 valence electrons. The number of primary amides is 1. The van der Waals surface area contributed by atoms with E-state index < -0.39 is 36.0 Å². The van der Waals surface area contributed by atoms with Crippen molar-refractivity contribution >= 4 is 17.9 Å². The van der Waals surface area contributed by atoms with Crippen LogP contribution in [0.3, 0.4) is 0 Å². The van der Waals surface area contributed by atoms with Crippen molar-refractivity contribution in [2.24, 2.45) is 5.73 Å². The first-order valence-electron chi connectivity index (χ1n) is 5.28. The highest BCUT2D eigenvalue weighted by Crippen LogP contribution is 2.03. The van der Waals surface area contributed by atoms with E-state index in [-0.39, 0.29) is 6.54 Å². The third-order valence-electron chi connectivity index (χ3n) is 1.97. The van der Waals surface area contributed by atoms with Crippen LogP contribution < -0.4 is 11.1 Å². The van der Waals surface area contributed by atoms with Crippen LogP contribution in [0.25, 0.3) is 0 Å². The zero-order valence-corrected chi connectivity index (χ0v) is 10.6. The monoisotopic (exact) mass is 261 g/mol. The van der Waals surface area contributed by atoms with Gasteiger partial charge in [-0.25, -0.2) is 9.59 Å². The highest BCUT2D eigenvalue weighted by molar-refractivity contribution is 5.87. The number of aliphatic carboxylic acids is 1. The molecule has 3 amide bonds. The van der Waals surface area contributed by atoms with Gasteiger partial charge in [-0.1, -0.05) is 0 Å². The summed E-state index contributed by atoms with van der Waals surface area (Å²) in [6, 6.07) is -2.08. The molecule has 0 saturated carbocycles. The number of carboxylic acids is 1. The molecule has 0 bridgehead atoms. The summed E-state index contributed by atoms with van der Waals surface area (Å²) in [6.07, 6.45) is -0.489. The van der Waals surface area contributed by atoms with Gasteiger partial charge in [0.1, 0.15) is 6.04 Å². The van der Waals surface area contributed by atoms with Crippen LogP contribution in [0.1, 0.15) is 20.3 Å². The van der Waals surface area contributed by atoms with Crippen molar-refractivity contribution in [3.63, 3.8) is 0 Å². The molecule has 8 nitrogen and oxygen atoms in total. The van der Waals surface area contributed by atoms with Crippen molar-refractivity contribution in [2.45, 2.75) is 31.9 Å². The van der Waals surface area contributed by atoms with E-state index in [9.17, 15) is 19.5 Å². The lowest BCUT2D eigenvalue weighted by Gasteiger charge is -2.26. The number of hydrogen-bond donors (Lipinski definition) is 4. The van der Waals surface area contributed by atoms with Crippen molar-refractivity contribution in [2.75, 3.05) is 13.6 Å². The Labute approximate surface area is 105 Å². The molecule has 0 aliphatic carbocycles. The Morgan fingerprint density at radius 1 is 1.39 bits per heavy atom. The number of carboxylic acid groups (broad SMARTS) is 1. The number of carbonyl (C=O) groups is 3. The van der Waals surface area contributed by atoms with E-state index in [0.29, 0.717) is 0 Å². The van der Waals surface area contributed by atoms with E-state index in [1.807, 2.05) is 0 Å².